The SMILES string of the molecule is CCC(F)(F)c1cccc(CC(=O)C2C(=O)N(c3ccc4ccn(C(=O)c5cccc(C)c5)c4c3)N=C2C)c1. The van der Waals surface area contributed by atoms with Gasteiger partial charge in [-0.25, -0.2) is 8.78 Å². The van der Waals surface area contributed by atoms with Crippen LogP contribution >= 0.6 is 0 Å². The van der Waals surface area contributed by atoms with Crippen molar-refractivity contribution < 1.29 is 23.2 Å². The minimum atomic E-state index is -2.99. The van der Waals surface area contributed by atoms with Crippen LogP contribution in [0.25, 0.3) is 10.9 Å². The van der Waals surface area contributed by atoms with Gasteiger partial charge >= 0.3 is 0 Å². The molecule has 0 saturated carbocycles. The highest BCUT2D eigenvalue weighted by Crippen LogP contribution is 2.33. The lowest BCUT2D eigenvalue weighted by atomic mass is 9.92. The molecule has 0 aliphatic carbocycles. The van der Waals surface area contributed by atoms with E-state index in [1.165, 1.54) is 34.7 Å². The molecule has 0 fully saturated rings. The van der Waals surface area contributed by atoms with Crippen molar-refractivity contribution in [3.8, 4) is 0 Å². The van der Waals surface area contributed by atoms with Gasteiger partial charge in [0.25, 0.3) is 17.7 Å². The van der Waals surface area contributed by atoms with Gasteiger partial charge in [-0.1, -0.05) is 48.9 Å². The Labute approximate surface area is 224 Å². The number of aromatic nitrogens is 1. The molecule has 1 aliphatic rings. The first-order valence-corrected chi connectivity index (χ1v) is 12.7. The molecule has 5 rings (SSSR count). The molecule has 8 heteroatoms. The fraction of sp³-hybridized carbons (Fsp3) is 0.226. The summed E-state index contributed by atoms with van der Waals surface area (Å²) in [5.74, 6) is -5.25. The van der Waals surface area contributed by atoms with Crippen LogP contribution in [-0.2, 0) is 21.9 Å². The normalized spacial score (nSPS) is 15.6. The van der Waals surface area contributed by atoms with Crippen LogP contribution in [0.5, 0.6) is 0 Å². The fourth-order valence-corrected chi connectivity index (χ4v) is 4.88. The molecular formula is C31H27F2N3O3. The van der Waals surface area contributed by atoms with Crippen LogP contribution in [-0.4, -0.2) is 27.9 Å². The average Bonchev–Trinajstić information content (AvgIpc) is 3.47. The summed E-state index contributed by atoms with van der Waals surface area (Å²) in [6.07, 6.45) is 1.16. The lowest BCUT2D eigenvalue weighted by molar-refractivity contribution is -0.128. The molecule has 1 unspecified atom stereocenters. The van der Waals surface area contributed by atoms with Gasteiger partial charge in [-0.15, -0.1) is 0 Å². The largest absolute Gasteiger partial charge is 0.298 e. The number of ketones is 1. The second-order valence-electron chi connectivity index (χ2n) is 9.83. The molecule has 0 radical (unpaired) electrons. The second-order valence-corrected chi connectivity index (χ2v) is 9.83. The summed E-state index contributed by atoms with van der Waals surface area (Å²) in [5.41, 5.74) is 3.11. The molecule has 1 aliphatic heterocycles. The predicted molar refractivity (Wildman–Crippen MR) is 146 cm³/mol. The number of hydrazone groups is 1. The fourth-order valence-electron chi connectivity index (χ4n) is 4.88. The van der Waals surface area contributed by atoms with Crippen LogP contribution in [0.3, 0.4) is 0 Å². The number of hydrogen-bond donors (Lipinski definition) is 0. The summed E-state index contributed by atoms with van der Waals surface area (Å²) in [7, 11) is 0. The van der Waals surface area contributed by atoms with Crippen molar-refractivity contribution in [3.63, 3.8) is 0 Å². The van der Waals surface area contributed by atoms with Crippen molar-refractivity contribution in [2.24, 2.45) is 11.0 Å². The van der Waals surface area contributed by atoms with Crippen LogP contribution in [0.1, 0.15) is 47.3 Å². The van der Waals surface area contributed by atoms with E-state index < -0.39 is 23.5 Å². The van der Waals surface area contributed by atoms with Crippen molar-refractivity contribution in [2.45, 2.75) is 39.5 Å². The molecule has 0 saturated heterocycles. The first kappa shape index (κ1) is 26.2. The molecule has 1 amide bonds. The molecule has 0 bridgehead atoms. The van der Waals surface area contributed by atoms with Crippen molar-refractivity contribution in [1.29, 1.82) is 0 Å². The molecule has 0 spiro atoms. The Kier molecular flexibility index (Phi) is 6.72. The number of aryl methyl sites for hydroxylation is 1. The molecule has 39 heavy (non-hydrogen) atoms. The lowest BCUT2D eigenvalue weighted by Crippen LogP contribution is -2.33. The van der Waals surface area contributed by atoms with Gasteiger partial charge in [-0.05, 0) is 55.8 Å². The standard InChI is InChI=1S/C31H27F2N3O3/c1-4-31(32,33)24-10-6-8-21(16-24)17-27(37)28-20(3)34-36(30(28)39)25-12-11-22-13-14-35(26(22)18-25)29(38)23-9-5-7-19(2)15-23/h5-16,18,28H,4,17H2,1-3H3. The van der Waals surface area contributed by atoms with E-state index in [9.17, 15) is 23.2 Å². The number of rotatable bonds is 7. The van der Waals surface area contributed by atoms with Crippen molar-refractivity contribution >= 4 is 39.9 Å². The van der Waals surface area contributed by atoms with E-state index in [1.807, 2.05) is 31.2 Å². The molecule has 0 N–H and O–H groups in total. The van der Waals surface area contributed by atoms with E-state index in [2.05, 4.69) is 5.10 Å². The molecule has 2 heterocycles. The van der Waals surface area contributed by atoms with E-state index in [-0.39, 0.29) is 24.3 Å². The molecule has 6 nitrogen and oxygen atoms in total. The average molecular weight is 528 g/mol. The van der Waals surface area contributed by atoms with Gasteiger partial charge < -0.3 is 0 Å². The van der Waals surface area contributed by atoms with Gasteiger partial charge in [0.15, 0.2) is 5.78 Å². The number of halogens is 2. The molecule has 3 aromatic carbocycles. The number of amides is 1. The van der Waals surface area contributed by atoms with Gasteiger partial charge in [-0.3, -0.25) is 19.0 Å². The zero-order valence-electron chi connectivity index (χ0n) is 21.8. The maximum absolute atomic E-state index is 14.2. The quantitative estimate of drug-likeness (QED) is 0.265. The van der Waals surface area contributed by atoms with Crippen LogP contribution in [0.15, 0.2) is 84.1 Å². The monoisotopic (exact) mass is 527 g/mol. The zero-order valence-corrected chi connectivity index (χ0v) is 21.8. The minimum Gasteiger partial charge on any atom is -0.298 e. The summed E-state index contributed by atoms with van der Waals surface area (Å²) in [4.78, 5) is 39.8. The number of nitrogens with zero attached hydrogens (tertiary/aromatic N) is 3. The Balaban J connectivity index is 1.40. The maximum atomic E-state index is 14.2. The molecule has 198 valence electrons. The first-order chi connectivity index (χ1) is 18.6. The zero-order chi connectivity index (χ0) is 27.9. The third-order valence-electron chi connectivity index (χ3n) is 7.03. The first-order valence-electron chi connectivity index (χ1n) is 12.7. The summed E-state index contributed by atoms with van der Waals surface area (Å²) >= 11 is 0. The Morgan fingerprint density at radius 3 is 2.49 bits per heavy atom. The Bertz CT molecular complexity index is 1650. The van der Waals surface area contributed by atoms with Crippen LogP contribution in [0.4, 0.5) is 14.5 Å². The summed E-state index contributed by atoms with van der Waals surface area (Å²) in [5, 5.41) is 6.34. The number of carbonyl (C=O) groups is 3. The van der Waals surface area contributed by atoms with Crippen molar-refractivity contribution in [3.05, 3.63) is 101 Å². The highest BCUT2D eigenvalue weighted by atomic mass is 19.3. The third kappa shape index (κ3) is 4.90. The Hall–Kier alpha value is -4.46. The van der Waals surface area contributed by atoms with Gasteiger partial charge in [0.2, 0.25) is 0 Å². The summed E-state index contributed by atoms with van der Waals surface area (Å²) in [6, 6.07) is 20.1. The van der Waals surface area contributed by atoms with Crippen molar-refractivity contribution in [1.82, 2.24) is 4.57 Å². The third-order valence-corrected chi connectivity index (χ3v) is 7.03. The molecule has 1 aromatic heterocycles. The van der Waals surface area contributed by atoms with E-state index >= 15 is 0 Å². The highest BCUT2D eigenvalue weighted by molar-refractivity contribution is 6.27. The van der Waals surface area contributed by atoms with Gasteiger partial charge in [0, 0.05) is 35.6 Å². The lowest BCUT2D eigenvalue weighted by Gasteiger charge is -2.16. The van der Waals surface area contributed by atoms with E-state index in [0.717, 1.165) is 10.9 Å². The van der Waals surface area contributed by atoms with E-state index in [0.29, 0.717) is 28.0 Å². The predicted octanol–water partition coefficient (Wildman–Crippen LogP) is 6.29. The van der Waals surface area contributed by atoms with Gasteiger partial charge in [0.1, 0.15) is 5.92 Å². The smallest absolute Gasteiger partial charge is 0.273 e. The number of anilines is 1. The number of hydrogen-bond acceptors (Lipinski definition) is 4. The van der Waals surface area contributed by atoms with Crippen LogP contribution in [0.2, 0.25) is 0 Å². The second kappa shape index (κ2) is 10.0. The van der Waals surface area contributed by atoms with Gasteiger partial charge in [-0.2, -0.15) is 10.1 Å². The molecule has 1 atom stereocenters. The van der Waals surface area contributed by atoms with Crippen molar-refractivity contribution in [2.75, 3.05) is 5.01 Å². The molecular weight excluding hydrogens is 500 g/mol. The van der Waals surface area contributed by atoms with E-state index in [1.54, 1.807) is 43.5 Å². The minimum absolute atomic E-state index is 0.156. The Morgan fingerprint density at radius 2 is 1.74 bits per heavy atom. The number of Topliss-reactive ketones (excluding diaryl/α,β-unsaturated/α-hetero) is 1. The number of fused-ring (bicyclic) bond motifs is 1. The topological polar surface area (TPSA) is 71.7 Å². The number of alkyl halides is 2. The van der Waals surface area contributed by atoms with Crippen LogP contribution < -0.4 is 5.01 Å². The Morgan fingerprint density at radius 1 is 0.974 bits per heavy atom. The number of carbonyl (C=O) groups excluding carboxylic acids is 3. The molecule has 4 aromatic rings. The summed E-state index contributed by atoms with van der Waals surface area (Å²) < 4.78 is 29.8. The maximum Gasteiger partial charge on any atom is 0.273 e. The van der Waals surface area contributed by atoms with E-state index in [4.69, 9.17) is 0 Å². The highest BCUT2D eigenvalue weighted by Gasteiger charge is 2.39. The van der Waals surface area contributed by atoms with Crippen LogP contribution in [0, 0.1) is 12.8 Å². The number of benzene rings is 3. The summed E-state index contributed by atoms with van der Waals surface area (Å²) in [6.45, 7) is 4.91. The van der Waals surface area contributed by atoms with Gasteiger partial charge in [0.05, 0.1) is 16.9 Å².